The second kappa shape index (κ2) is 10.9. The molecule has 1 aliphatic heterocycles. The SMILES string of the molecule is CCC1(C)CC(OC(=O)c2ccc(C(=O)OC)cc2)C(C)C(C)(CC)N1OC(C)c1ccccc1. The third-order valence-corrected chi connectivity index (χ3v) is 7.94. The number of hydroxylamine groups is 2. The van der Waals surface area contributed by atoms with Gasteiger partial charge in [0.25, 0.3) is 0 Å². The average Bonchev–Trinajstić information content (AvgIpc) is 2.89. The summed E-state index contributed by atoms with van der Waals surface area (Å²) in [6, 6.07) is 16.6. The Morgan fingerprint density at radius 1 is 0.971 bits per heavy atom. The lowest BCUT2D eigenvalue weighted by atomic mass is 9.69. The number of ether oxygens (including phenoxy) is 2. The molecule has 0 bridgehead atoms. The van der Waals surface area contributed by atoms with Gasteiger partial charge < -0.3 is 9.47 Å². The van der Waals surface area contributed by atoms with Gasteiger partial charge in [-0.2, -0.15) is 5.06 Å². The first kappa shape index (κ1) is 26.9. The fourth-order valence-electron chi connectivity index (χ4n) is 5.05. The summed E-state index contributed by atoms with van der Waals surface area (Å²) in [5.74, 6) is -0.788. The average molecular weight is 482 g/mol. The van der Waals surface area contributed by atoms with Crippen LogP contribution in [0.3, 0.4) is 0 Å². The number of carbonyl (C=O) groups is 2. The molecule has 1 fully saturated rings. The highest BCUT2D eigenvalue weighted by Crippen LogP contribution is 2.48. The molecular weight excluding hydrogens is 442 g/mol. The number of benzene rings is 2. The summed E-state index contributed by atoms with van der Waals surface area (Å²) in [4.78, 5) is 31.5. The first-order valence-corrected chi connectivity index (χ1v) is 12.5. The molecule has 0 N–H and O–H groups in total. The van der Waals surface area contributed by atoms with Gasteiger partial charge >= 0.3 is 11.9 Å². The van der Waals surface area contributed by atoms with Gasteiger partial charge in [0, 0.05) is 23.4 Å². The van der Waals surface area contributed by atoms with Crippen LogP contribution in [0.5, 0.6) is 0 Å². The smallest absolute Gasteiger partial charge is 0.338 e. The fourth-order valence-corrected chi connectivity index (χ4v) is 5.05. The number of carbonyl (C=O) groups excluding carboxylic acids is 2. The van der Waals surface area contributed by atoms with E-state index in [-0.39, 0.29) is 35.2 Å². The van der Waals surface area contributed by atoms with Gasteiger partial charge in [0.05, 0.1) is 18.2 Å². The van der Waals surface area contributed by atoms with Crippen LogP contribution >= 0.6 is 0 Å². The second-order valence-electron chi connectivity index (χ2n) is 10.0. The van der Waals surface area contributed by atoms with Crippen molar-refractivity contribution < 1.29 is 23.9 Å². The molecule has 1 aliphatic rings. The topological polar surface area (TPSA) is 65.1 Å². The molecule has 5 atom stereocenters. The minimum atomic E-state index is -0.437. The molecule has 6 nitrogen and oxygen atoms in total. The molecule has 0 aliphatic carbocycles. The first-order chi connectivity index (χ1) is 16.6. The van der Waals surface area contributed by atoms with Gasteiger partial charge in [0.2, 0.25) is 0 Å². The molecule has 1 saturated heterocycles. The Balaban J connectivity index is 1.83. The fraction of sp³-hybridized carbons (Fsp3) is 0.517. The Labute approximate surface area is 209 Å². The zero-order valence-electron chi connectivity index (χ0n) is 22.0. The quantitative estimate of drug-likeness (QED) is 0.408. The lowest BCUT2D eigenvalue weighted by Gasteiger charge is -2.59. The summed E-state index contributed by atoms with van der Waals surface area (Å²) in [6.07, 6.45) is 1.97. The van der Waals surface area contributed by atoms with Gasteiger partial charge in [-0.25, -0.2) is 9.59 Å². The van der Waals surface area contributed by atoms with E-state index >= 15 is 0 Å². The van der Waals surface area contributed by atoms with Gasteiger partial charge in [0.1, 0.15) is 12.2 Å². The summed E-state index contributed by atoms with van der Waals surface area (Å²) in [7, 11) is 1.33. The Kier molecular flexibility index (Phi) is 8.39. The van der Waals surface area contributed by atoms with Gasteiger partial charge in [-0.3, -0.25) is 4.84 Å². The summed E-state index contributed by atoms with van der Waals surface area (Å²) in [6.45, 7) is 12.9. The van der Waals surface area contributed by atoms with Crippen LogP contribution in [0.15, 0.2) is 54.6 Å². The van der Waals surface area contributed by atoms with Gasteiger partial charge in [-0.05, 0) is 63.4 Å². The Morgan fingerprint density at radius 2 is 1.54 bits per heavy atom. The summed E-state index contributed by atoms with van der Waals surface area (Å²) < 4.78 is 10.8. The van der Waals surface area contributed by atoms with E-state index in [2.05, 4.69) is 58.7 Å². The number of methoxy groups -OCH3 is 1. The summed E-state index contributed by atoms with van der Waals surface area (Å²) in [5.41, 5.74) is 1.28. The van der Waals surface area contributed by atoms with Gasteiger partial charge in [0.15, 0.2) is 0 Å². The van der Waals surface area contributed by atoms with Crippen molar-refractivity contribution in [3.05, 3.63) is 71.3 Å². The molecule has 2 aromatic rings. The van der Waals surface area contributed by atoms with Crippen molar-refractivity contribution in [2.75, 3.05) is 7.11 Å². The van der Waals surface area contributed by atoms with Crippen molar-refractivity contribution >= 4 is 11.9 Å². The minimum absolute atomic E-state index is 0.0355. The van der Waals surface area contributed by atoms with Crippen molar-refractivity contribution in [3.8, 4) is 0 Å². The van der Waals surface area contributed by atoms with Crippen molar-refractivity contribution in [3.63, 3.8) is 0 Å². The molecular formula is C29H39NO5. The van der Waals surface area contributed by atoms with E-state index in [1.165, 1.54) is 7.11 Å². The molecule has 0 saturated carbocycles. The van der Waals surface area contributed by atoms with Crippen LogP contribution in [0.4, 0.5) is 0 Å². The van der Waals surface area contributed by atoms with Crippen molar-refractivity contribution in [2.24, 2.45) is 5.92 Å². The molecule has 0 spiro atoms. The summed E-state index contributed by atoms with van der Waals surface area (Å²) >= 11 is 0. The third kappa shape index (κ3) is 5.44. The highest BCUT2D eigenvalue weighted by atomic mass is 16.7. The van der Waals surface area contributed by atoms with Crippen LogP contribution in [0.2, 0.25) is 0 Å². The van der Waals surface area contributed by atoms with Crippen LogP contribution in [0.25, 0.3) is 0 Å². The zero-order chi connectivity index (χ0) is 25.8. The maximum atomic E-state index is 13.1. The largest absolute Gasteiger partial charge is 0.465 e. The molecule has 2 aromatic carbocycles. The Hall–Kier alpha value is -2.70. The van der Waals surface area contributed by atoms with Crippen LogP contribution in [0.1, 0.15) is 93.2 Å². The highest BCUT2D eigenvalue weighted by Gasteiger charge is 2.55. The molecule has 190 valence electrons. The van der Waals surface area contributed by atoms with Crippen LogP contribution < -0.4 is 0 Å². The molecule has 1 heterocycles. The van der Waals surface area contributed by atoms with Crippen LogP contribution in [-0.4, -0.2) is 41.3 Å². The van der Waals surface area contributed by atoms with Gasteiger partial charge in [-0.15, -0.1) is 0 Å². The maximum absolute atomic E-state index is 13.1. The van der Waals surface area contributed by atoms with E-state index in [4.69, 9.17) is 14.3 Å². The van der Waals surface area contributed by atoms with E-state index in [1.807, 2.05) is 18.2 Å². The monoisotopic (exact) mass is 481 g/mol. The second-order valence-corrected chi connectivity index (χ2v) is 10.0. The molecule has 0 amide bonds. The van der Waals surface area contributed by atoms with E-state index in [1.54, 1.807) is 24.3 Å². The predicted molar refractivity (Wildman–Crippen MR) is 136 cm³/mol. The maximum Gasteiger partial charge on any atom is 0.338 e. The summed E-state index contributed by atoms with van der Waals surface area (Å²) in [5, 5.41) is 2.19. The predicted octanol–water partition coefficient (Wildman–Crippen LogP) is 6.37. The van der Waals surface area contributed by atoms with E-state index in [0.29, 0.717) is 17.5 Å². The third-order valence-electron chi connectivity index (χ3n) is 7.94. The number of nitrogens with zero attached hydrogens (tertiary/aromatic N) is 1. The Morgan fingerprint density at radius 3 is 2.06 bits per heavy atom. The highest BCUT2D eigenvalue weighted by molar-refractivity contribution is 5.93. The van der Waals surface area contributed by atoms with Crippen molar-refractivity contribution in [1.29, 1.82) is 0 Å². The normalized spacial score (nSPS) is 27.7. The van der Waals surface area contributed by atoms with Crippen LogP contribution in [0, 0.1) is 5.92 Å². The standard InChI is InChI=1S/C29H39NO5/c1-8-28(5)19-25(34-27(32)24-17-15-23(16-18-24)26(31)33-7)20(3)29(6,9-2)30(28)35-21(4)22-13-11-10-12-14-22/h10-18,20-21,25H,8-9,19H2,1-7H3. The molecule has 0 radical (unpaired) electrons. The van der Waals surface area contributed by atoms with Crippen molar-refractivity contribution in [1.82, 2.24) is 5.06 Å². The Bertz CT molecular complexity index is 1010. The molecule has 0 aromatic heterocycles. The number of rotatable bonds is 8. The molecule has 5 unspecified atom stereocenters. The van der Waals surface area contributed by atoms with E-state index < -0.39 is 5.97 Å². The van der Waals surface area contributed by atoms with Crippen LogP contribution in [-0.2, 0) is 14.3 Å². The van der Waals surface area contributed by atoms with Gasteiger partial charge in [-0.1, -0.05) is 51.1 Å². The van der Waals surface area contributed by atoms with Crippen molar-refractivity contribution in [2.45, 2.75) is 84.1 Å². The van der Waals surface area contributed by atoms with E-state index in [9.17, 15) is 9.59 Å². The number of esters is 2. The lowest BCUT2D eigenvalue weighted by molar-refractivity contribution is -0.335. The molecule has 35 heavy (non-hydrogen) atoms. The lowest BCUT2D eigenvalue weighted by Crippen LogP contribution is -2.68. The molecule has 3 rings (SSSR count). The number of hydrogen-bond donors (Lipinski definition) is 0. The minimum Gasteiger partial charge on any atom is -0.465 e. The molecule has 6 heteroatoms. The zero-order valence-corrected chi connectivity index (χ0v) is 22.0. The van der Waals surface area contributed by atoms with E-state index in [0.717, 1.165) is 18.4 Å². The number of piperidine rings is 1. The first-order valence-electron chi connectivity index (χ1n) is 12.5. The number of hydrogen-bond acceptors (Lipinski definition) is 6.